The molecule has 1 amide bonds. The monoisotopic (exact) mass is 369 g/mol. The molecule has 3 rings (SSSR count). The second kappa shape index (κ2) is 8.27. The van der Waals surface area contributed by atoms with E-state index in [0.717, 1.165) is 12.1 Å². The Kier molecular flexibility index (Phi) is 5.61. The molecule has 7 heteroatoms. The zero-order valence-corrected chi connectivity index (χ0v) is 14.5. The van der Waals surface area contributed by atoms with Crippen LogP contribution in [0, 0.1) is 11.6 Å². The first-order chi connectivity index (χ1) is 13.1. The smallest absolute Gasteiger partial charge is 0.257 e. The number of rotatable bonds is 6. The molecule has 0 aliphatic heterocycles. The van der Waals surface area contributed by atoms with Crippen molar-refractivity contribution in [2.75, 3.05) is 17.2 Å². The Morgan fingerprint density at radius 3 is 2.33 bits per heavy atom. The molecule has 0 atom stereocenters. The van der Waals surface area contributed by atoms with Crippen LogP contribution < -0.4 is 15.4 Å². The maximum Gasteiger partial charge on any atom is 0.257 e. The van der Waals surface area contributed by atoms with E-state index >= 15 is 0 Å². The van der Waals surface area contributed by atoms with Crippen molar-refractivity contribution < 1.29 is 18.3 Å². The molecule has 0 saturated carbocycles. The maximum absolute atomic E-state index is 13.7. The third-order valence-corrected chi connectivity index (χ3v) is 3.66. The van der Waals surface area contributed by atoms with Gasteiger partial charge in [-0.05, 0) is 55.5 Å². The maximum atomic E-state index is 13.7. The highest BCUT2D eigenvalue weighted by Gasteiger charge is 2.11. The number of hydrogen-bond acceptors (Lipinski definition) is 4. The Balaban J connectivity index is 1.66. The fraction of sp³-hybridized carbons (Fsp3) is 0.100. The first-order valence-electron chi connectivity index (χ1n) is 8.28. The van der Waals surface area contributed by atoms with Gasteiger partial charge in [0.05, 0.1) is 12.2 Å². The molecule has 1 aromatic heterocycles. The molecule has 0 aliphatic carbocycles. The van der Waals surface area contributed by atoms with Crippen LogP contribution in [-0.2, 0) is 0 Å². The summed E-state index contributed by atoms with van der Waals surface area (Å²) in [5, 5.41) is 5.31. The van der Waals surface area contributed by atoms with Crippen LogP contribution in [0.4, 0.5) is 26.0 Å². The molecule has 1 heterocycles. The van der Waals surface area contributed by atoms with Gasteiger partial charge in [0.2, 0.25) is 0 Å². The molecule has 0 bridgehead atoms. The summed E-state index contributed by atoms with van der Waals surface area (Å²) in [7, 11) is 0. The Bertz CT molecular complexity index is 909. The largest absolute Gasteiger partial charge is 0.494 e. The van der Waals surface area contributed by atoms with E-state index in [1.54, 1.807) is 24.3 Å². The van der Waals surface area contributed by atoms with E-state index in [-0.39, 0.29) is 17.4 Å². The lowest BCUT2D eigenvalue weighted by Crippen LogP contribution is -2.12. The van der Waals surface area contributed by atoms with Crippen molar-refractivity contribution in [3.63, 3.8) is 0 Å². The molecular formula is C20H17F2N3O2. The Hall–Kier alpha value is -3.48. The molecule has 0 radical (unpaired) electrons. The van der Waals surface area contributed by atoms with Gasteiger partial charge >= 0.3 is 0 Å². The molecule has 138 valence electrons. The third-order valence-electron chi connectivity index (χ3n) is 3.66. The summed E-state index contributed by atoms with van der Waals surface area (Å²) < 4.78 is 32.7. The van der Waals surface area contributed by atoms with Crippen LogP contribution >= 0.6 is 0 Å². The number of carbonyl (C=O) groups excluding carboxylic acids is 1. The molecule has 2 N–H and O–H groups in total. The van der Waals surface area contributed by atoms with Gasteiger partial charge in [-0.1, -0.05) is 6.07 Å². The number of amides is 1. The van der Waals surface area contributed by atoms with Gasteiger partial charge in [0.25, 0.3) is 5.91 Å². The average molecular weight is 369 g/mol. The van der Waals surface area contributed by atoms with Gasteiger partial charge < -0.3 is 15.4 Å². The highest BCUT2D eigenvalue weighted by Crippen LogP contribution is 2.22. The third kappa shape index (κ3) is 4.58. The summed E-state index contributed by atoms with van der Waals surface area (Å²) in [5.74, 6) is -0.872. The van der Waals surface area contributed by atoms with Crippen molar-refractivity contribution in [2.45, 2.75) is 6.92 Å². The molecular weight excluding hydrogens is 352 g/mol. The highest BCUT2D eigenvalue weighted by molar-refractivity contribution is 6.04. The van der Waals surface area contributed by atoms with Gasteiger partial charge in [-0.2, -0.15) is 0 Å². The lowest BCUT2D eigenvalue weighted by Gasteiger charge is -2.09. The lowest BCUT2D eigenvalue weighted by atomic mass is 10.2. The predicted molar refractivity (Wildman–Crippen MR) is 99.4 cm³/mol. The van der Waals surface area contributed by atoms with Crippen LogP contribution in [0.15, 0.2) is 60.8 Å². The van der Waals surface area contributed by atoms with Crippen molar-refractivity contribution in [1.29, 1.82) is 0 Å². The summed E-state index contributed by atoms with van der Waals surface area (Å²) >= 11 is 0. The molecule has 3 aromatic rings. The summed E-state index contributed by atoms with van der Waals surface area (Å²) in [6.45, 7) is 2.45. The Labute approximate surface area is 155 Å². The van der Waals surface area contributed by atoms with Crippen molar-refractivity contribution in [3.05, 3.63) is 78.0 Å². The summed E-state index contributed by atoms with van der Waals surface area (Å²) in [4.78, 5) is 16.3. The van der Waals surface area contributed by atoms with Gasteiger partial charge in [0.15, 0.2) is 0 Å². The minimum Gasteiger partial charge on any atom is -0.494 e. The van der Waals surface area contributed by atoms with Crippen LogP contribution in [0.2, 0.25) is 0 Å². The topological polar surface area (TPSA) is 63.2 Å². The number of aromatic nitrogens is 1. The van der Waals surface area contributed by atoms with Gasteiger partial charge in [-0.15, -0.1) is 0 Å². The minimum absolute atomic E-state index is 0.219. The number of para-hydroxylation sites is 1. The fourth-order valence-electron chi connectivity index (χ4n) is 2.35. The second-order valence-corrected chi connectivity index (χ2v) is 5.57. The van der Waals surface area contributed by atoms with E-state index < -0.39 is 11.6 Å². The molecule has 0 fully saturated rings. The number of pyridine rings is 1. The van der Waals surface area contributed by atoms with Crippen molar-refractivity contribution in [2.24, 2.45) is 0 Å². The number of nitrogens with zero attached hydrogens (tertiary/aromatic N) is 1. The van der Waals surface area contributed by atoms with E-state index in [1.165, 1.54) is 24.4 Å². The van der Waals surface area contributed by atoms with E-state index in [9.17, 15) is 13.6 Å². The molecule has 0 aliphatic rings. The minimum atomic E-state index is -0.728. The second-order valence-electron chi connectivity index (χ2n) is 5.57. The fourth-order valence-corrected chi connectivity index (χ4v) is 2.35. The van der Waals surface area contributed by atoms with Gasteiger partial charge in [0, 0.05) is 11.9 Å². The van der Waals surface area contributed by atoms with E-state index in [0.29, 0.717) is 23.6 Å². The molecule has 0 unspecified atom stereocenters. The number of ether oxygens (including phenoxy) is 1. The normalized spacial score (nSPS) is 10.3. The number of benzene rings is 2. The highest BCUT2D eigenvalue weighted by atomic mass is 19.1. The van der Waals surface area contributed by atoms with Crippen LogP contribution in [0.5, 0.6) is 5.75 Å². The summed E-state index contributed by atoms with van der Waals surface area (Å²) in [5.41, 5.74) is 0.624. The van der Waals surface area contributed by atoms with E-state index in [1.807, 2.05) is 6.92 Å². The van der Waals surface area contributed by atoms with Crippen LogP contribution in [0.1, 0.15) is 17.3 Å². The molecule has 0 saturated heterocycles. The standard InChI is InChI=1S/C20H17F2N3O2/c1-2-27-15-9-7-14(8-10-15)24-20(26)13-6-11-18(23-12-13)25-19-16(21)4-3-5-17(19)22/h3-12H,2H2,1H3,(H,23,25)(H,24,26). The summed E-state index contributed by atoms with van der Waals surface area (Å²) in [6, 6.07) is 13.5. The van der Waals surface area contributed by atoms with Crippen LogP contribution in [-0.4, -0.2) is 17.5 Å². The van der Waals surface area contributed by atoms with E-state index in [4.69, 9.17) is 4.74 Å². The van der Waals surface area contributed by atoms with Crippen molar-refractivity contribution in [1.82, 2.24) is 4.98 Å². The molecule has 2 aromatic carbocycles. The summed E-state index contributed by atoms with van der Waals surface area (Å²) in [6.07, 6.45) is 1.32. The SMILES string of the molecule is CCOc1ccc(NC(=O)c2ccc(Nc3c(F)cccc3F)nc2)cc1. The number of hydrogen-bond donors (Lipinski definition) is 2. The number of nitrogens with one attached hydrogen (secondary N) is 2. The van der Waals surface area contributed by atoms with E-state index in [2.05, 4.69) is 15.6 Å². The average Bonchev–Trinajstić information content (AvgIpc) is 2.67. The molecule has 5 nitrogen and oxygen atoms in total. The number of halogens is 2. The Morgan fingerprint density at radius 2 is 1.74 bits per heavy atom. The molecule has 27 heavy (non-hydrogen) atoms. The van der Waals surface area contributed by atoms with Crippen LogP contribution in [0.25, 0.3) is 0 Å². The zero-order chi connectivity index (χ0) is 19.2. The number of anilines is 3. The first kappa shape index (κ1) is 18.3. The van der Waals surface area contributed by atoms with Crippen LogP contribution in [0.3, 0.4) is 0 Å². The lowest BCUT2D eigenvalue weighted by molar-refractivity contribution is 0.102. The predicted octanol–water partition coefficient (Wildman–Crippen LogP) is 4.75. The first-order valence-corrected chi connectivity index (χ1v) is 8.28. The quantitative estimate of drug-likeness (QED) is 0.658. The number of carbonyl (C=O) groups is 1. The van der Waals surface area contributed by atoms with Gasteiger partial charge in [-0.3, -0.25) is 4.79 Å². The van der Waals surface area contributed by atoms with Crippen molar-refractivity contribution in [3.8, 4) is 5.75 Å². The zero-order valence-electron chi connectivity index (χ0n) is 14.5. The van der Waals surface area contributed by atoms with Gasteiger partial charge in [-0.25, -0.2) is 13.8 Å². The van der Waals surface area contributed by atoms with Crippen molar-refractivity contribution >= 4 is 23.1 Å². The Morgan fingerprint density at radius 1 is 1.04 bits per heavy atom. The van der Waals surface area contributed by atoms with Gasteiger partial charge in [0.1, 0.15) is 28.9 Å². The molecule has 0 spiro atoms.